The Bertz CT molecular complexity index is 417. The van der Waals surface area contributed by atoms with Crippen LogP contribution in [0.4, 0.5) is 0 Å². The second kappa shape index (κ2) is 5.52. The molecule has 0 bridgehead atoms. The van der Waals surface area contributed by atoms with Crippen LogP contribution in [0.15, 0.2) is 5.16 Å². The molecule has 0 aromatic rings. The van der Waals surface area contributed by atoms with Gasteiger partial charge in [-0.15, -0.1) is 0 Å². The molecule has 2 rings (SSSR count). The van der Waals surface area contributed by atoms with Gasteiger partial charge in [0.2, 0.25) is 0 Å². The van der Waals surface area contributed by atoms with Crippen molar-refractivity contribution in [2.45, 2.75) is 13.3 Å². The number of ether oxygens (including phenoxy) is 1. The van der Waals surface area contributed by atoms with E-state index >= 15 is 0 Å². The Balaban J connectivity index is 2.07. The molecule has 2 aliphatic rings. The van der Waals surface area contributed by atoms with E-state index in [1.807, 2.05) is 6.92 Å². The fourth-order valence-electron chi connectivity index (χ4n) is 2.29. The lowest BCUT2D eigenvalue weighted by Gasteiger charge is -2.35. The van der Waals surface area contributed by atoms with Gasteiger partial charge in [-0.1, -0.05) is 12.1 Å². The van der Waals surface area contributed by atoms with E-state index in [0.29, 0.717) is 51.5 Å². The highest BCUT2D eigenvalue weighted by Gasteiger charge is 2.35. The predicted octanol–water partition coefficient (Wildman–Crippen LogP) is -0.265. The van der Waals surface area contributed by atoms with E-state index in [1.54, 1.807) is 0 Å². The van der Waals surface area contributed by atoms with Crippen LogP contribution in [0.1, 0.15) is 13.3 Å². The zero-order valence-corrected chi connectivity index (χ0v) is 11.3. The summed E-state index contributed by atoms with van der Waals surface area (Å²) in [7, 11) is -3.40. The van der Waals surface area contributed by atoms with Crippen molar-refractivity contribution in [3.63, 3.8) is 0 Å². The lowest BCUT2D eigenvalue weighted by atomic mass is 10.00. The van der Waals surface area contributed by atoms with E-state index in [4.69, 9.17) is 9.94 Å². The van der Waals surface area contributed by atoms with Crippen LogP contribution in [0.5, 0.6) is 0 Å². The fraction of sp³-hybridized carbons (Fsp3) is 0.900. The van der Waals surface area contributed by atoms with Gasteiger partial charge in [-0.3, -0.25) is 0 Å². The molecule has 1 N–H and O–H groups in total. The van der Waals surface area contributed by atoms with E-state index in [9.17, 15) is 8.42 Å². The van der Waals surface area contributed by atoms with Gasteiger partial charge in [0.25, 0.3) is 10.2 Å². The summed E-state index contributed by atoms with van der Waals surface area (Å²) < 4.78 is 32.8. The monoisotopic (exact) mass is 277 g/mol. The molecule has 0 amide bonds. The Morgan fingerprint density at radius 3 is 2.50 bits per heavy atom. The van der Waals surface area contributed by atoms with Gasteiger partial charge in [-0.25, -0.2) is 0 Å². The third-order valence-electron chi connectivity index (χ3n) is 3.41. The van der Waals surface area contributed by atoms with Crippen molar-refractivity contribution in [3.8, 4) is 0 Å². The molecule has 0 saturated carbocycles. The lowest BCUT2D eigenvalue weighted by molar-refractivity contribution is 0.0699. The van der Waals surface area contributed by atoms with E-state index in [1.165, 1.54) is 8.61 Å². The highest BCUT2D eigenvalue weighted by atomic mass is 32.2. The molecule has 0 spiro atoms. The number of nitrogens with zero attached hydrogens (tertiary/aromatic N) is 3. The van der Waals surface area contributed by atoms with Crippen LogP contribution >= 0.6 is 0 Å². The van der Waals surface area contributed by atoms with Crippen LogP contribution in [0.3, 0.4) is 0 Å². The second-order valence-corrected chi connectivity index (χ2v) is 6.55. The highest BCUT2D eigenvalue weighted by molar-refractivity contribution is 7.86. The van der Waals surface area contributed by atoms with E-state index < -0.39 is 10.2 Å². The van der Waals surface area contributed by atoms with E-state index in [0.717, 1.165) is 0 Å². The number of hydrogen-bond donors (Lipinski definition) is 1. The number of rotatable bonds is 2. The molecule has 104 valence electrons. The van der Waals surface area contributed by atoms with Crippen LogP contribution in [0.2, 0.25) is 0 Å². The third kappa shape index (κ3) is 2.66. The standard InChI is InChI=1S/C10H19N3O4S/c1-9-8-13(3-2-10(9)11-14)18(15,16)12-4-6-17-7-5-12/h9,14H,2-8H2,1H3. The van der Waals surface area contributed by atoms with Gasteiger partial charge in [0.1, 0.15) is 0 Å². The normalized spacial score (nSPS) is 30.7. The summed E-state index contributed by atoms with van der Waals surface area (Å²) >= 11 is 0. The van der Waals surface area contributed by atoms with Crippen molar-refractivity contribution in [1.29, 1.82) is 0 Å². The number of piperidine rings is 1. The van der Waals surface area contributed by atoms with Gasteiger partial charge in [-0.2, -0.15) is 17.0 Å². The molecule has 2 saturated heterocycles. The largest absolute Gasteiger partial charge is 0.411 e. The molecule has 0 aromatic carbocycles. The van der Waals surface area contributed by atoms with Crippen LogP contribution in [0, 0.1) is 5.92 Å². The first-order chi connectivity index (χ1) is 8.55. The van der Waals surface area contributed by atoms with Crippen LogP contribution < -0.4 is 0 Å². The van der Waals surface area contributed by atoms with Crippen molar-refractivity contribution in [2.24, 2.45) is 11.1 Å². The molecule has 0 aromatic heterocycles. The molecule has 2 aliphatic heterocycles. The molecule has 0 radical (unpaired) electrons. The summed E-state index contributed by atoms with van der Waals surface area (Å²) in [6, 6.07) is 0. The molecule has 1 unspecified atom stereocenters. The Labute approximate surface area is 107 Å². The number of morpholine rings is 1. The third-order valence-corrected chi connectivity index (χ3v) is 5.42. The maximum absolute atomic E-state index is 12.4. The molecule has 2 heterocycles. The van der Waals surface area contributed by atoms with Crippen molar-refractivity contribution in [1.82, 2.24) is 8.61 Å². The molecule has 18 heavy (non-hydrogen) atoms. The summed E-state index contributed by atoms with van der Waals surface area (Å²) in [6.07, 6.45) is 0.487. The zero-order chi connectivity index (χ0) is 13.2. The Kier molecular flexibility index (Phi) is 4.21. The zero-order valence-electron chi connectivity index (χ0n) is 10.4. The molecular weight excluding hydrogens is 258 g/mol. The molecule has 2 fully saturated rings. The Morgan fingerprint density at radius 2 is 1.94 bits per heavy atom. The maximum atomic E-state index is 12.4. The van der Waals surface area contributed by atoms with Gasteiger partial charge in [0, 0.05) is 38.5 Å². The number of oxime groups is 1. The quantitative estimate of drug-likeness (QED) is 0.556. The van der Waals surface area contributed by atoms with Crippen molar-refractivity contribution in [2.75, 3.05) is 39.4 Å². The summed E-state index contributed by atoms with van der Waals surface area (Å²) in [6.45, 7) is 4.35. The Hall–Kier alpha value is -0.700. The topological polar surface area (TPSA) is 82.4 Å². The maximum Gasteiger partial charge on any atom is 0.282 e. The summed E-state index contributed by atoms with van der Waals surface area (Å²) in [5.41, 5.74) is 0.670. The van der Waals surface area contributed by atoms with Crippen LogP contribution in [-0.4, -0.2) is 67.3 Å². The summed E-state index contributed by atoms with van der Waals surface area (Å²) in [5, 5.41) is 12.0. The molecule has 8 heteroatoms. The summed E-state index contributed by atoms with van der Waals surface area (Å²) in [4.78, 5) is 0. The minimum atomic E-state index is -3.40. The Morgan fingerprint density at radius 1 is 1.28 bits per heavy atom. The first kappa shape index (κ1) is 13.7. The van der Waals surface area contributed by atoms with Crippen LogP contribution in [0.25, 0.3) is 0 Å². The lowest BCUT2D eigenvalue weighted by Crippen LogP contribution is -2.52. The van der Waals surface area contributed by atoms with Crippen molar-refractivity contribution >= 4 is 15.9 Å². The van der Waals surface area contributed by atoms with Gasteiger partial charge < -0.3 is 9.94 Å². The second-order valence-electron chi connectivity index (χ2n) is 4.62. The number of hydrogen-bond acceptors (Lipinski definition) is 5. The molecule has 7 nitrogen and oxygen atoms in total. The van der Waals surface area contributed by atoms with Crippen molar-refractivity contribution < 1.29 is 18.4 Å². The molecular formula is C10H19N3O4S. The van der Waals surface area contributed by atoms with E-state index in [2.05, 4.69) is 5.16 Å². The highest BCUT2D eigenvalue weighted by Crippen LogP contribution is 2.19. The minimum Gasteiger partial charge on any atom is -0.411 e. The molecule has 1 atom stereocenters. The molecule has 0 aliphatic carbocycles. The van der Waals surface area contributed by atoms with Gasteiger partial charge >= 0.3 is 0 Å². The van der Waals surface area contributed by atoms with Crippen molar-refractivity contribution in [3.05, 3.63) is 0 Å². The minimum absolute atomic E-state index is 0.0421. The van der Waals surface area contributed by atoms with Gasteiger partial charge in [0.05, 0.1) is 18.9 Å². The smallest absolute Gasteiger partial charge is 0.282 e. The summed E-state index contributed by atoms with van der Waals surface area (Å²) in [5.74, 6) is -0.0421. The fourth-order valence-corrected chi connectivity index (χ4v) is 3.96. The van der Waals surface area contributed by atoms with Gasteiger partial charge in [-0.05, 0) is 0 Å². The predicted molar refractivity (Wildman–Crippen MR) is 65.9 cm³/mol. The van der Waals surface area contributed by atoms with Gasteiger partial charge in [0.15, 0.2) is 0 Å². The average Bonchev–Trinajstić information content (AvgIpc) is 2.39. The first-order valence-corrected chi connectivity index (χ1v) is 7.49. The van der Waals surface area contributed by atoms with E-state index in [-0.39, 0.29) is 5.92 Å². The van der Waals surface area contributed by atoms with Crippen LogP contribution in [-0.2, 0) is 14.9 Å². The average molecular weight is 277 g/mol. The first-order valence-electron chi connectivity index (χ1n) is 6.09. The SMILES string of the molecule is CC1CN(S(=O)(=O)N2CCOCC2)CCC1=NO.